The Kier molecular flexibility index (Phi) is 3.60. The molecule has 0 unspecified atom stereocenters. The van der Waals surface area contributed by atoms with Crippen LogP contribution in [0.15, 0.2) is 24.3 Å². The number of hydrogen-bond acceptors (Lipinski definition) is 7. The van der Waals surface area contributed by atoms with Crippen molar-refractivity contribution in [3.63, 3.8) is 0 Å². The average Bonchev–Trinajstić information content (AvgIpc) is 3.35. The molecular weight excluding hydrogens is 386 g/mol. The molecular formula is C23H23NO6. The molecule has 4 aliphatic rings. The molecule has 3 aliphatic heterocycles. The van der Waals surface area contributed by atoms with Gasteiger partial charge in [0, 0.05) is 31.5 Å². The van der Waals surface area contributed by atoms with Gasteiger partial charge in [0.15, 0.2) is 23.0 Å². The van der Waals surface area contributed by atoms with E-state index in [2.05, 4.69) is 31.0 Å². The molecule has 0 radical (unpaired) electrons. The Morgan fingerprint density at radius 1 is 1.10 bits per heavy atom. The highest BCUT2D eigenvalue weighted by Crippen LogP contribution is 2.57. The summed E-state index contributed by atoms with van der Waals surface area (Å²) in [5.74, 6) is 2.82. The van der Waals surface area contributed by atoms with Gasteiger partial charge in [-0.15, -0.1) is 0 Å². The van der Waals surface area contributed by atoms with E-state index in [0.717, 1.165) is 39.7 Å². The maximum Gasteiger partial charge on any atom is 0.302 e. The van der Waals surface area contributed by atoms with Crippen LogP contribution in [0.2, 0.25) is 0 Å². The Labute approximate surface area is 174 Å². The number of rotatable bonds is 1. The molecule has 0 amide bonds. The number of hydrogen-bond donors (Lipinski definition) is 0. The molecule has 0 spiro atoms. The summed E-state index contributed by atoms with van der Waals surface area (Å²) in [4.78, 5) is 14.4. The highest BCUT2D eigenvalue weighted by Gasteiger charge is 2.55. The van der Waals surface area contributed by atoms with Crippen molar-refractivity contribution in [2.75, 3.05) is 20.6 Å². The van der Waals surface area contributed by atoms with Crippen LogP contribution in [0.1, 0.15) is 42.1 Å². The molecule has 1 aliphatic carbocycles. The maximum absolute atomic E-state index is 12.1. The number of benzene rings is 2. The molecule has 2 aromatic rings. The smallest absolute Gasteiger partial charge is 0.302 e. The minimum absolute atomic E-state index is 0.00738. The zero-order chi connectivity index (χ0) is 20.6. The number of nitrogens with zero attached hydrogens (tertiary/aromatic N) is 1. The third-order valence-corrected chi connectivity index (χ3v) is 6.95. The summed E-state index contributed by atoms with van der Waals surface area (Å²) in [6.45, 7) is 4.84. The molecule has 7 heteroatoms. The number of fused-ring (bicyclic) bond motifs is 8. The van der Waals surface area contributed by atoms with Crippen LogP contribution in [-0.4, -0.2) is 37.6 Å². The van der Waals surface area contributed by atoms with Crippen molar-refractivity contribution in [3.05, 3.63) is 46.5 Å². The quantitative estimate of drug-likeness (QED) is 0.671. The Balaban J connectivity index is 1.59. The summed E-state index contributed by atoms with van der Waals surface area (Å²) in [5.41, 5.74) is 4.10. The first-order valence-electron chi connectivity index (χ1n) is 10.2. The zero-order valence-corrected chi connectivity index (χ0v) is 17.2. The Bertz CT molecular complexity index is 1080. The third kappa shape index (κ3) is 2.27. The monoisotopic (exact) mass is 409 g/mol. The number of carbonyl (C=O) groups is 1. The molecule has 156 valence electrons. The molecule has 30 heavy (non-hydrogen) atoms. The lowest BCUT2D eigenvalue weighted by molar-refractivity contribution is -0.153. The van der Waals surface area contributed by atoms with Crippen molar-refractivity contribution in [2.24, 2.45) is 0 Å². The molecule has 0 fully saturated rings. The van der Waals surface area contributed by atoms with E-state index in [9.17, 15) is 4.79 Å². The van der Waals surface area contributed by atoms with Gasteiger partial charge in [-0.2, -0.15) is 0 Å². The van der Waals surface area contributed by atoms with E-state index in [1.165, 1.54) is 12.5 Å². The molecule has 3 atom stereocenters. The van der Waals surface area contributed by atoms with Crippen molar-refractivity contribution < 1.29 is 28.5 Å². The predicted octanol–water partition coefficient (Wildman–Crippen LogP) is 3.08. The number of esters is 1. The lowest BCUT2D eigenvalue weighted by Crippen LogP contribution is -2.56. The molecule has 7 nitrogen and oxygen atoms in total. The zero-order valence-electron chi connectivity index (χ0n) is 17.2. The van der Waals surface area contributed by atoms with E-state index in [0.29, 0.717) is 13.0 Å². The fraction of sp³-hybridized carbons (Fsp3) is 0.435. The molecule has 3 heterocycles. The molecule has 6 rings (SSSR count). The fourth-order valence-corrected chi connectivity index (χ4v) is 5.75. The standard InChI is InChI=1S/C23H23NO6/c1-12(25)30-20-7-13-6-18-19(28-10-27-18)8-14(13)22-23(20,2)16-4-5-17-21(29-11-26-17)15(16)9-24(22)3/h4-6,8,20,22H,7,9-11H2,1-3H3/t20-,22-,23-/m0/s1. The fourth-order valence-electron chi connectivity index (χ4n) is 5.75. The second-order valence-corrected chi connectivity index (χ2v) is 8.63. The molecule has 0 saturated heterocycles. The lowest BCUT2D eigenvalue weighted by Gasteiger charge is -2.54. The van der Waals surface area contributed by atoms with Gasteiger partial charge in [-0.3, -0.25) is 9.69 Å². The van der Waals surface area contributed by atoms with Crippen LogP contribution in [-0.2, 0) is 27.9 Å². The van der Waals surface area contributed by atoms with Crippen molar-refractivity contribution in [1.29, 1.82) is 0 Å². The number of carbonyl (C=O) groups excluding carboxylic acids is 1. The second kappa shape index (κ2) is 6.04. The highest BCUT2D eigenvalue weighted by molar-refractivity contribution is 5.67. The summed E-state index contributed by atoms with van der Waals surface area (Å²) < 4.78 is 28.7. The maximum atomic E-state index is 12.1. The van der Waals surface area contributed by atoms with E-state index >= 15 is 0 Å². The topological polar surface area (TPSA) is 66.5 Å². The second-order valence-electron chi connectivity index (χ2n) is 8.63. The van der Waals surface area contributed by atoms with E-state index < -0.39 is 5.41 Å². The van der Waals surface area contributed by atoms with E-state index in [1.54, 1.807) is 0 Å². The average molecular weight is 409 g/mol. The first-order valence-corrected chi connectivity index (χ1v) is 10.2. The van der Waals surface area contributed by atoms with Crippen LogP contribution in [0.25, 0.3) is 0 Å². The molecule has 0 saturated carbocycles. The molecule has 0 bridgehead atoms. The molecule has 0 N–H and O–H groups in total. The summed E-state index contributed by atoms with van der Waals surface area (Å²) in [6.07, 6.45) is 0.287. The Morgan fingerprint density at radius 2 is 1.83 bits per heavy atom. The van der Waals surface area contributed by atoms with Gasteiger partial charge >= 0.3 is 5.97 Å². The number of likely N-dealkylation sites (N-methyl/N-ethyl adjacent to an activating group) is 1. The minimum atomic E-state index is -0.463. The Hall–Kier alpha value is -2.93. The van der Waals surface area contributed by atoms with E-state index in [-0.39, 0.29) is 31.7 Å². The molecule has 0 aromatic heterocycles. The third-order valence-electron chi connectivity index (χ3n) is 6.95. The summed E-state index contributed by atoms with van der Waals surface area (Å²) in [7, 11) is 2.10. The van der Waals surface area contributed by atoms with Gasteiger partial charge in [0.1, 0.15) is 6.10 Å². The first-order chi connectivity index (χ1) is 14.5. The lowest BCUT2D eigenvalue weighted by atomic mass is 9.60. The SMILES string of the molecule is CC(=O)O[C@H]1Cc2cc3c(cc2[C@@H]2N(C)Cc4c(ccc5c4OCO5)[C@@]12C)OCO3. The molecule has 2 aromatic carbocycles. The van der Waals surface area contributed by atoms with Crippen LogP contribution >= 0.6 is 0 Å². The van der Waals surface area contributed by atoms with Crippen molar-refractivity contribution in [3.8, 4) is 23.0 Å². The van der Waals surface area contributed by atoms with Gasteiger partial charge in [0.2, 0.25) is 13.6 Å². The van der Waals surface area contributed by atoms with Gasteiger partial charge in [0.25, 0.3) is 0 Å². The highest BCUT2D eigenvalue weighted by atomic mass is 16.7. The van der Waals surface area contributed by atoms with Crippen LogP contribution in [0.3, 0.4) is 0 Å². The minimum Gasteiger partial charge on any atom is -0.461 e. The van der Waals surface area contributed by atoms with Crippen LogP contribution in [0.4, 0.5) is 0 Å². The van der Waals surface area contributed by atoms with Crippen molar-refractivity contribution in [2.45, 2.75) is 44.4 Å². The van der Waals surface area contributed by atoms with Crippen LogP contribution in [0.5, 0.6) is 23.0 Å². The number of ether oxygens (including phenoxy) is 5. The van der Waals surface area contributed by atoms with Gasteiger partial charge in [-0.1, -0.05) is 13.0 Å². The van der Waals surface area contributed by atoms with Crippen LogP contribution < -0.4 is 18.9 Å². The van der Waals surface area contributed by atoms with Gasteiger partial charge in [0.05, 0.1) is 5.41 Å². The van der Waals surface area contributed by atoms with Gasteiger partial charge < -0.3 is 23.7 Å². The largest absolute Gasteiger partial charge is 0.461 e. The van der Waals surface area contributed by atoms with E-state index in [4.69, 9.17) is 23.7 Å². The predicted molar refractivity (Wildman–Crippen MR) is 106 cm³/mol. The van der Waals surface area contributed by atoms with Gasteiger partial charge in [-0.05, 0) is 41.9 Å². The summed E-state index contributed by atoms with van der Waals surface area (Å²) in [6, 6.07) is 8.22. The van der Waals surface area contributed by atoms with Crippen molar-refractivity contribution >= 4 is 5.97 Å². The van der Waals surface area contributed by atoms with E-state index in [1.807, 2.05) is 12.1 Å². The normalized spacial score (nSPS) is 27.8. The Morgan fingerprint density at radius 3 is 2.63 bits per heavy atom. The van der Waals surface area contributed by atoms with Crippen molar-refractivity contribution in [1.82, 2.24) is 4.90 Å². The van der Waals surface area contributed by atoms with Gasteiger partial charge in [-0.25, -0.2) is 0 Å². The summed E-state index contributed by atoms with van der Waals surface area (Å²) in [5, 5.41) is 0. The first kappa shape index (κ1) is 17.9. The summed E-state index contributed by atoms with van der Waals surface area (Å²) >= 11 is 0. The van der Waals surface area contributed by atoms with Crippen LogP contribution in [0, 0.1) is 0 Å².